The molecule has 0 spiro atoms. The van der Waals surface area contributed by atoms with Gasteiger partial charge in [0.25, 0.3) is 0 Å². The van der Waals surface area contributed by atoms with Gasteiger partial charge in [0.05, 0.1) is 12.1 Å². The van der Waals surface area contributed by atoms with Gasteiger partial charge in [-0.15, -0.1) is 11.3 Å². The summed E-state index contributed by atoms with van der Waals surface area (Å²) in [6, 6.07) is 7.96. The van der Waals surface area contributed by atoms with E-state index < -0.39 is 5.97 Å². The molecule has 3 rings (SSSR count). The molecular weight excluding hydrogens is 314 g/mol. The molecule has 0 aliphatic heterocycles. The number of amides is 1. The second kappa shape index (κ2) is 6.62. The number of aliphatic carboxylic acids is 1. The molecule has 0 unspecified atom stereocenters. The SMILES string of the molecule is O=C(O)Cc1csc(NC(=O)CCc2c[nH]c3ccccc23)n1. The van der Waals surface area contributed by atoms with Crippen molar-refractivity contribution in [1.29, 1.82) is 0 Å². The maximum Gasteiger partial charge on any atom is 0.309 e. The van der Waals surface area contributed by atoms with Crippen molar-refractivity contribution in [2.24, 2.45) is 0 Å². The monoisotopic (exact) mass is 329 g/mol. The number of carboxylic acids is 1. The first-order valence-electron chi connectivity index (χ1n) is 7.13. The van der Waals surface area contributed by atoms with Crippen LogP contribution < -0.4 is 5.32 Å². The molecule has 0 atom stereocenters. The van der Waals surface area contributed by atoms with E-state index in [4.69, 9.17) is 5.11 Å². The number of H-pyrrole nitrogens is 1. The van der Waals surface area contributed by atoms with E-state index in [1.165, 1.54) is 11.3 Å². The van der Waals surface area contributed by atoms with Crippen molar-refractivity contribution >= 4 is 39.2 Å². The van der Waals surface area contributed by atoms with E-state index in [0.717, 1.165) is 16.5 Å². The first-order chi connectivity index (χ1) is 11.1. The number of carboxylic acid groups (broad SMARTS) is 1. The molecular formula is C16H15N3O3S. The lowest BCUT2D eigenvalue weighted by atomic mass is 10.1. The number of carbonyl (C=O) groups is 2. The van der Waals surface area contributed by atoms with Crippen LogP contribution in [0.2, 0.25) is 0 Å². The lowest BCUT2D eigenvalue weighted by molar-refractivity contribution is -0.136. The number of fused-ring (bicyclic) bond motifs is 1. The highest BCUT2D eigenvalue weighted by Crippen LogP contribution is 2.20. The third-order valence-electron chi connectivity index (χ3n) is 3.43. The highest BCUT2D eigenvalue weighted by atomic mass is 32.1. The number of para-hydroxylation sites is 1. The van der Waals surface area contributed by atoms with E-state index in [-0.39, 0.29) is 12.3 Å². The van der Waals surface area contributed by atoms with Crippen LogP contribution in [0.5, 0.6) is 0 Å². The van der Waals surface area contributed by atoms with E-state index >= 15 is 0 Å². The highest BCUT2D eigenvalue weighted by Gasteiger charge is 2.10. The number of hydrogen-bond donors (Lipinski definition) is 3. The van der Waals surface area contributed by atoms with Crippen molar-refractivity contribution in [3.63, 3.8) is 0 Å². The molecule has 2 heterocycles. The highest BCUT2D eigenvalue weighted by molar-refractivity contribution is 7.13. The van der Waals surface area contributed by atoms with Crippen LogP contribution in [0, 0.1) is 0 Å². The van der Waals surface area contributed by atoms with Crippen molar-refractivity contribution < 1.29 is 14.7 Å². The molecule has 118 valence electrons. The number of nitrogens with one attached hydrogen (secondary N) is 2. The number of hydrogen-bond acceptors (Lipinski definition) is 4. The predicted octanol–water partition coefficient (Wildman–Crippen LogP) is 2.82. The van der Waals surface area contributed by atoms with Crippen LogP contribution in [-0.2, 0) is 22.4 Å². The van der Waals surface area contributed by atoms with Crippen LogP contribution in [0.1, 0.15) is 17.7 Å². The number of benzene rings is 1. The van der Waals surface area contributed by atoms with Gasteiger partial charge in [0.1, 0.15) is 0 Å². The Labute approximate surface area is 136 Å². The molecule has 0 aliphatic carbocycles. The number of rotatable bonds is 6. The third kappa shape index (κ3) is 3.75. The summed E-state index contributed by atoms with van der Waals surface area (Å²) >= 11 is 1.23. The second-order valence-electron chi connectivity index (χ2n) is 5.12. The number of nitrogens with zero attached hydrogens (tertiary/aromatic N) is 1. The molecule has 1 aromatic carbocycles. The Morgan fingerprint density at radius 1 is 1.30 bits per heavy atom. The average molecular weight is 329 g/mol. The smallest absolute Gasteiger partial charge is 0.309 e. The van der Waals surface area contributed by atoms with Crippen molar-refractivity contribution in [3.8, 4) is 0 Å². The van der Waals surface area contributed by atoms with E-state index in [2.05, 4.69) is 15.3 Å². The zero-order valence-corrected chi connectivity index (χ0v) is 13.0. The Bertz CT molecular complexity index is 853. The molecule has 3 aromatic rings. The number of aryl methyl sites for hydroxylation is 1. The molecule has 0 saturated carbocycles. The zero-order valence-electron chi connectivity index (χ0n) is 12.2. The fraction of sp³-hybridized carbons (Fsp3) is 0.188. The lowest BCUT2D eigenvalue weighted by Crippen LogP contribution is -2.12. The molecule has 0 fully saturated rings. The number of thiazole rings is 1. The lowest BCUT2D eigenvalue weighted by Gasteiger charge is -2.01. The summed E-state index contributed by atoms with van der Waals surface area (Å²) in [6.45, 7) is 0. The van der Waals surface area contributed by atoms with E-state index in [1.807, 2.05) is 30.5 Å². The van der Waals surface area contributed by atoms with E-state index in [0.29, 0.717) is 23.7 Å². The van der Waals surface area contributed by atoms with E-state index in [9.17, 15) is 9.59 Å². The summed E-state index contributed by atoms with van der Waals surface area (Å²) in [4.78, 5) is 29.9. The third-order valence-corrected chi connectivity index (χ3v) is 4.23. The average Bonchev–Trinajstić information content (AvgIpc) is 3.11. The van der Waals surface area contributed by atoms with Crippen molar-refractivity contribution in [1.82, 2.24) is 9.97 Å². The Morgan fingerprint density at radius 2 is 2.13 bits per heavy atom. The first-order valence-corrected chi connectivity index (χ1v) is 8.01. The minimum atomic E-state index is -0.937. The summed E-state index contributed by atoms with van der Waals surface area (Å²) in [5.74, 6) is -1.07. The topological polar surface area (TPSA) is 95.1 Å². The number of aromatic nitrogens is 2. The van der Waals surface area contributed by atoms with Gasteiger partial charge in [-0.25, -0.2) is 4.98 Å². The second-order valence-corrected chi connectivity index (χ2v) is 5.98. The van der Waals surface area contributed by atoms with Gasteiger partial charge >= 0.3 is 5.97 Å². The van der Waals surface area contributed by atoms with Crippen LogP contribution >= 0.6 is 11.3 Å². The molecule has 7 heteroatoms. The Morgan fingerprint density at radius 3 is 2.96 bits per heavy atom. The van der Waals surface area contributed by atoms with Crippen LogP contribution in [0.4, 0.5) is 5.13 Å². The van der Waals surface area contributed by atoms with Gasteiger partial charge in [-0.1, -0.05) is 18.2 Å². The normalized spacial score (nSPS) is 10.8. The van der Waals surface area contributed by atoms with Crippen LogP contribution in [0.3, 0.4) is 0 Å². The molecule has 0 aliphatic rings. The maximum atomic E-state index is 12.0. The summed E-state index contributed by atoms with van der Waals surface area (Å²) in [6.07, 6.45) is 2.76. The molecule has 2 aromatic heterocycles. The van der Waals surface area contributed by atoms with Gasteiger partial charge in [0.2, 0.25) is 5.91 Å². The fourth-order valence-corrected chi connectivity index (χ4v) is 3.10. The molecule has 3 N–H and O–H groups in total. The molecule has 0 saturated heterocycles. The van der Waals surface area contributed by atoms with Gasteiger partial charge in [-0.05, 0) is 18.1 Å². The molecule has 0 radical (unpaired) electrons. The quantitative estimate of drug-likeness (QED) is 0.648. The summed E-state index contributed by atoms with van der Waals surface area (Å²) in [7, 11) is 0. The molecule has 6 nitrogen and oxygen atoms in total. The van der Waals surface area contributed by atoms with Gasteiger partial charge in [0, 0.05) is 28.9 Å². The van der Waals surface area contributed by atoms with Crippen LogP contribution in [0.15, 0.2) is 35.8 Å². The maximum absolute atomic E-state index is 12.0. The minimum Gasteiger partial charge on any atom is -0.481 e. The van der Waals surface area contributed by atoms with Gasteiger partial charge in [-0.3, -0.25) is 9.59 Å². The van der Waals surface area contributed by atoms with Crippen molar-refractivity contribution in [3.05, 3.63) is 47.1 Å². The standard InChI is InChI=1S/C16H15N3O3S/c20-14(19-16-18-11(9-23-16)7-15(21)22)6-5-10-8-17-13-4-2-1-3-12(10)13/h1-4,8-9,17H,5-7H2,(H,21,22)(H,18,19,20). The van der Waals surface area contributed by atoms with Gasteiger partial charge in [0.15, 0.2) is 5.13 Å². The minimum absolute atomic E-state index is 0.133. The largest absolute Gasteiger partial charge is 0.481 e. The van der Waals surface area contributed by atoms with Crippen LogP contribution in [0.25, 0.3) is 10.9 Å². The number of carbonyl (C=O) groups excluding carboxylic acids is 1. The van der Waals surface area contributed by atoms with Gasteiger partial charge < -0.3 is 15.4 Å². The summed E-state index contributed by atoms with van der Waals surface area (Å²) in [5, 5.41) is 14.6. The van der Waals surface area contributed by atoms with Crippen LogP contribution in [-0.4, -0.2) is 27.0 Å². The predicted molar refractivity (Wildman–Crippen MR) is 88.7 cm³/mol. The fourth-order valence-electron chi connectivity index (χ4n) is 2.37. The van der Waals surface area contributed by atoms with E-state index in [1.54, 1.807) is 5.38 Å². The van der Waals surface area contributed by atoms with Crippen molar-refractivity contribution in [2.45, 2.75) is 19.3 Å². The Kier molecular flexibility index (Phi) is 4.38. The number of anilines is 1. The van der Waals surface area contributed by atoms with Gasteiger partial charge in [-0.2, -0.15) is 0 Å². The summed E-state index contributed by atoms with van der Waals surface area (Å²) < 4.78 is 0. The molecule has 0 bridgehead atoms. The first kappa shape index (κ1) is 15.2. The molecule has 23 heavy (non-hydrogen) atoms. The summed E-state index contributed by atoms with van der Waals surface area (Å²) in [5.41, 5.74) is 2.61. The van der Waals surface area contributed by atoms with Crippen molar-refractivity contribution in [2.75, 3.05) is 5.32 Å². The zero-order chi connectivity index (χ0) is 16.2. The Hall–Kier alpha value is -2.67. The Balaban J connectivity index is 1.57. The molecule has 1 amide bonds. The number of aromatic amines is 1.